The van der Waals surface area contributed by atoms with Gasteiger partial charge in [-0.25, -0.2) is 40.4 Å². The van der Waals surface area contributed by atoms with Crippen LogP contribution in [-0.4, -0.2) is 80.3 Å². The molecule has 2 aromatic heterocycles. The molecule has 0 aliphatic heterocycles. The Hall–Kier alpha value is -6.18. The van der Waals surface area contributed by atoms with Gasteiger partial charge in [0.15, 0.2) is 0 Å². The summed E-state index contributed by atoms with van der Waals surface area (Å²) in [5.74, 6) is 0.733. The molecule has 14 nitrogen and oxygen atoms in total. The van der Waals surface area contributed by atoms with E-state index < -0.39 is 12.2 Å². The number of hydrogen-bond acceptors (Lipinski definition) is 8. The minimum Gasteiger partial charge on any atom is -0.452 e. The van der Waals surface area contributed by atoms with E-state index in [2.05, 4.69) is 93.7 Å². The Bertz CT molecular complexity index is 2080. The maximum absolute atomic E-state index is 13.9. The maximum Gasteiger partial charge on any atom is 0.425 e. The number of carbonyl (C=O) groups excluding carboxylic acids is 4. The van der Waals surface area contributed by atoms with Crippen molar-refractivity contribution in [1.82, 2.24) is 40.8 Å². The first-order valence-electron chi connectivity index (χ1n) is 20.0. The molecular weight excluding hydrogens is 737 g/mol. The molecule has 8 atom stereocenters. The quantitative estimate of drug-likeness (QED) is 0.104. The minimum atomic E-state index is -0.677. The van der Waals surface area contributed by atoms with Gasteiger partial charge in [-0.15, -0.1) is 0 Å². The van der Waals surface area contributed by atoms with E-state index in [0.29, 0.717) is 0 Å². The highest BCUT2D eigenvalue weighted by Gasteiger charge is 2.53. The van der Waals surface area contributed by atoms with Crippen molar-refractivity contribution in [3.63, 3.8) is 0 Å². The van der Waals surface area contributed by atoms with Gasteiger partial charge in [0.25, 0.3) is 0 Å². The molecule has 8 unspecified atom stereocenters. The molecule has 4 N–H and O–H groups in total. The Kier molecular flexibility index (Phi) is 10.4. The Balaban J connectivity index is 0.955. The average Bonchev–Trinajstić information content (AvgIpc) is 4.10. The van der Waals surface area contributed by atoms with Crippen LogP contribution in [0.5, 0.6) is 0 Å². The summed E-state index contributed by atoms with van der Waals surface area (Å²) >= 11 is 0. The molecule has 0 spiro atoms. The second kappa shape index (κ2) is 15.6. The monoisotopic (exact) mass is 786 g/mol. The average molecular weight is 787 g/mol. The zero-order chi connectivity index (χ0) is 40.8. The van der Waals surface area contributed by atoms with E-state index in [1.165, 1.54) is 24.2 Å². The van der Waals surface area contributed by atoms with Crippen molar-refractivity contribution in [2.24, 2.45) is 35.5 Å². The molecule has 4 aliphatic rings. The van der Waals surface area contributed by atoms with E-state index in [1.807, 2.05) is 40.1 Å². The predicted molar refractivity (Wildman–Crippen MR) is 216 cm³/mol. The van der Waals surface area contributed by atoms with Crippen molar-refractivity contribution in [3.05, 3.63) is 96.9 Å². The Morgan fingerprint density at radius 3 is 1.28 bits per heavy atom. The molecular formula is C44H50N8O6. The summed E-state index contributed by atoms with van der Waals surface area (Å²) in [5, 5.41) is 2.76. The highest BCUT2D eigenvalue weighted by atomic mass is 16.5. The van der Waals surface area contributed by atoms with Crippen molar-refractivity contribution in [3.8, 4) is 33.6 Å². The maximum atomic E-state index is 13.9. The number of carbonyl (C=O) groups is 4. The molecule has 2 heterocycles. The summed E-state index contributed by atoms with van der Waals surface area (Å²) in [7, 11) is 2.56. The number of imidazole rings is 2. The molecule has 4 aromatic rings. The summed E-state index contributed by atoms with van der Waals surface area (Å²) in [4.78, 5) is 68.5. The first-order chi connectivity index (χ1) is 27.9. The number of benzene rings is 2. The lowest BCUT2D eigenvalue weighted by molar-refractivity contribution is -0.142. The molecule has 2 fully saturated rings. The zero-order valence-electron chi connectivity index (χ0n) is 33.5. The van der Waals surface area contributed by atoms with Crippen LogP contribution >= 0.6 is 0 Å². The molecule has 2 saturated carbocycles. The van der Waals surface area contributed by atoms with Crippen molar-refractivity contribution in [2.75, 3.05) is 14.2 Å². The number of allylic oxidation sites excluding steroid dienone is 4. The number of rotatable bonds is 9. The SMILES string of the molecule is COC(=O)NN(C(=O)C1C2C=CC(C2)C1c1ncc(-c2ccc(-c3ccc(-c4cnc(C5C6C=CC(C6)C5C(=O)N(NC(=O)OC)C(C)C)[nH]4)cc3)cc2)[nH]1)C(C)C. The van der Waals surface area contributed by atoms with Gasteiger partial charge in [-0.05, 0) is 86.5 Å². The Morgan fingerprint density at radius 1 is 0.586 bits per heavy atom. The molecule has 4 amide bonds. The zero-order valence-corrected chi connectivity index (χ0v) is 33.5. The van der Waals surface area contributed by atoms with Crippen LogP contribution in [0, 0.1) is 35.5 Å². The topological polar surface area (TPSA) is 175 Å². The van der Waals surface area contributed by atoms with Crippen molar-refractivity contribution >= 4 is 24.0 Å². The molecule has 58 heavy (non-hydrogen) atoms. The van der Waals surface area contributed by atoms with Crippen LogP contribution in [0.1, 0.15) is 64.0 Å². The van der Waals surface area contributed by atoms with Crippen LogP contribution in [0.15, 0.2) is 85.2 Å². The van der Waals surface area contributed by atoms with Crippen LogP contribution < -0.4 is 10.9 Å². The fourth-order valence-corrected chi connectivity index (χ4v) is 9.54. The predicted octanol–water partition coefficient (Wildman–Crippen LogP) is 6.96. The van der Waals surface area contributed by atoms with E-state index in [1.54, 1.807) is 0 Å². The van der Waals surface area contributed by atoms with Crippen LogP contribution in [0.4, 0.5) is 9.59 Å². The van der Waals surface area contributed by atoms with Crippen LogP contribution in [0.3, 0.4) is 0 Å². The lowest BCUT2D eigenvalue weighted by Gasteiger charge is -2.33. The molecule has 4 bridgehead atoms. The van der Waals surface area contributed by atoms with Crippen molar-refractivity contribution in [1.29, 1.82) is 0 Å². The summed E-state index contributed by atoms with van der Waals surface area (Å²) in [6, 6.07) is 16.1. The highest BCUT2D eigenvalue weighted by Crippen LogP contribution is 2.54. The third kappa shape index (κ3) is 7.05. The molecule has 4 aliphatic carbocycles. The van der Waals surface area contributed by atoms with Crippen LogP contribution in [0.2, 0.25) is 0 Å². The first kappa shape index (κ1) is 38.7. The van der Waals surface area contributed by atoms with Crippen LogP contribution in [-0.2, 0) is 19.1 Å². The van der Waals surface area contributed by atoms with E-state index in [4.69, 9.17) is 19.4 Å². The molecule has 14 heteroatoms. The van der Waals surface area contributed by atoms with Gasteiger partial charge in [0.05, 0.1) is 49.8 Å². The van der Waals surface area contributed by atoms with Crippen molar-refractivity contribution < 1.29 is 28.7 Å². The van der Waals surface area contributed by atoms with Crippen molar-refractivity contribution in [2.45, 2.75) is 64.5 Å². The number of nitrogens with one attached hydrogen (secondary N) is 4. The van der Waals surface area contributed by atoms with E-state index in [9.17, 15) is 19.2 Å². The fourth-order valence-electron chi connectivity index (χ4n) is 9.54. The summed E-state index contributed by atoms with van der Waals surface area (Å²) < 4.78 is 9.56. The Morgan fingerprint density at radius 2 is 0.931 bits per heavy atom. The number of aromatic amines is 2. The summed E-state index contributed by atoms with van der Waals surface area (Å²) in [5.41, 5.74) is 11.0. The third-order valence-electron chi connectivity index (χ3n) is 12.3. The van der Waals surface area contributed by atoms with E-state index in [-0.39, 0.29) is 71.2 Å². The number of H-pyrrole nitrogens is 2. The van der Waals surface area contributed by atoms with Gasteiger partial charge in [-0.1, -0.05) is 72.8 Å². The molecule has 0 radical (unpaired) electrons. The number of hydrogen-bond donors (Lipinski definition) is 4. The molecule has 302 valence electrons. The smallest absolute Gasteiger partial charge is 0.425 e. The number of fused-ring (bicyclic) bond motifs is 4. The number of methoxy groups -OCH3 is 2. The lowest BCUT2D eigenvalue weighted by Crippen LogP contribution is -2.53. The largest absolute Gasteiger partial charge is 0.452 e. The summed E-state index contributed by atoms with van der Waals surface area (Å²) in [6.45, 7) is 7.44. The fraction of sp³-hybridized carbons (Fsp3) is 0.409. The lowest BCUT2D eigenvalue weighted by atomic mass is 9.81. The number of amides is 4. The Labute approximate surface area is 337 Å². The van der Waals surface area contributed by atoms with Gasteiger partial charge >= 0.3 is 12.2 Å². The van der Waals surface area contributed by atoms with E-state index >= 15 is 0 Å². The second-order valence-electron chi connectivity index (χ2n) is 16.3. The molecule has 0 saturated heterocycles. The number of nitrogens with zero attached hydrogens (tertiary/aromatic N) is 4. The standard InChI is InChI=1S/C44H50N8O6/c1-23(2)51(49-43(55)57-5)41(53)37-31-17-15-29(19-31)35(37)39-45-21-33(47-39)27-11-7-25(8-12-27)26-9-13-28(14-10-26)34-22-46-40(48-34)36-30-16-18-32(20-30)38(36)42(54)52(24(3)4)50-44(56)58-6/h7-18,21-24,29-32,35-38H,19-20H2,1-6H3,(H,45,47)(H,46,48)(H,49,55)(H,50,56). The van der Waals surface area contributed by atoms with Crippen LogP contribution in [0.25, 0.3) is 33.6 Å². The van der Waals surface area contributed by atoms with Gasteiger partial charge in [0, 0.05) is 23.9 Å². The first-order valence-corrected chi connectivity index (χ1v) is 20.0. The van der Waals surface area contributed by atoms with E-state index in [0.717, 1.165) is 58.1 Å². The van der Waals surface area contributed by atoms with Gasteiger partial charge in [-0.3, -0.25) is 9.59 Å². The normalized spacial score (nSPS) is 25.0. The highest BCUT2D eigenvalue weighted by molar-refractivity contribution is 5.85. The van der Waals surface area contributed by atoms with Gasteiger partial charge in [0.2, 0.25) is 11.8 Å². The van der Waals surface area contributed by atoms with Gasteiger partial charge in [-0.2, -0.15) is 0 Å². The second-order valence-corrected chi connectivity index (χ2v) is 16.3. The number of ether oxygens (including phenoxy) is 2. The molecule has 8 rings (SSSR count). The summed E-state index contributed by atoms with van der Waals surface area (Å²) in [6.07, 6.45) is 12.6. The van der Waals surface area contributed by atoms with Gasteiger partial charge in [0.1, 0.15) is 11.6 Å². The van der Waals surface area contributed by atoms with Gasteiger partial charge < -0.3 is 19.4 Å². The number of hydrazine groups is 2. The third-order valence-corrected chi connectivity index (χ3v) is 12.3. The molecule has 2 aromatic carbocycles. The minimum absolute atomic E-state index is 0.0693. The number of aromatic nitrogens is 4.